The largest absolute Gasteiger partial charge is 0.478 e. The summed E-state index contributed by atoms with van der Waals surface area (Å²) in [4.78, 5) is 10.9. The summed E-state index contributed by atoms with van der Waals surface area (Å²) >= 11 is 0. The van der Waals surface area contributed by atoms with Crippen molar-refractivity contribution in [3.8, 4) is 0 Å². The quantitative estimate of drug-likeness (QED) is 0.712. The molecule has 1 aliphatic heterocycles. The summed E-state index contributed by atoms with van der Waals surface area (Å²) in [6, 6.07) is 2.25. The molecule has 5 nitrogen and oxygen atoms in total. The van der Waals surface area contributed by atoms with Crippen molar-refractivity contribution in [1.29, 1.82) is 0 Å². The Morgan fingerprint density at radius 1 is 1.58 bits per heavy atom. The molecule has 1 atom stereocenters. The second-order valence-electron chi connectivity index (χ2n) is 4.57. The van der Waals surface area contributed by atoms with Crippen LogP contribution in [0.25, 0.3) is 0 Å². The average Bonchev–Trinajstić information content (AvgIpc) is 2.84. The first-order valence-corrected chi connectivity index (χ1v) is 6.25. The van der Waals surface area contributed by atoms with Gasteiger partial charge in [-0.2, -0.15) is 0 Å². The SMILES string of the molecule is Nc1cc(F)c(NCCC2CCCO2)cc1C(=O)O. The van der Waals surface area contributed by atoms with Crippen molar-refractivity contribution in [2.24, 2.45) is 0 Å². The maximum atomic E-state index is 13.6. The van der Waals surface area contributed by atoms with E-state index in [-0.39, 0.29) is 23.0 Å². The second-order valence-corrected chi connectivity index (χ2v) is 4.57. The third-order valence-electron chi connectivity index (χ3n) is 3.18. The van der Waals surface area contributed by atoms with Crippen LogP contribution in [-0.2, 0) is 4.74 Å². The van der Waals surface area contributed by atoms with Crippen LogP contribution in [0.3, 0.4) is 0 Å². The van der Waals surface area contributed by atoms with Gasteiger partial charge in [0.1, 0.15) is 5.82 Å². The lowest BCUT2D eigenvalue weighted by molar-refractivity contribution is 0.0698. The van der Waals surface area contributed by atoms with Crippen LogP contribution in [0, 0.1) is 5.82 Å². The summed E-state index contributed by atoms with van der Waals surface area (Å²) in [6.45, 7) is 1.31. The molecule has 0 aliphatic carbocycles. The van der Waals surface area contributed by atoms with Crippen molar-refractivity contribution >= 4 is 17.3 Å². The molecule has 0 saturated carbocycles. The van der Waals surface area contributed by atoms with E-state index in [9.17, 15) is 9.18 Å². The van der Waals surface area contributed by atoms with Gasteiger partial charge < -0.3 is 20.9 Å². The third-order valence-corrected chi connectivity index (χ3v) is 3.18. The lowest BCUT2D eigenvalue weighted by atomic mass is 10.1. The van der Waals surface area contributed by atoms with Crippen LogP contribution < -0.4 is 11.1 Å². The van der Waals surface area contributed by atoms with Gasteiger partial charge in [0.25, 0.3) is 0 Å². The van der Waals surface area contributed by atoms with Crippen LogP contribution in [0.5, 0.6) is 0 Å². The molecule has 1 saturated heterocycles. The standard InChI is InChI=1S/C13H17FN2O3/c14-10-7-11(15)9(13(17)18)6-12(10)16-4-3-8-2-1-5-19-8/h6-8,16H,1-5,15H2,(H,17,18). The number of nitrogens with two attached hydrogens (primary N) is 1. The highest BCUT2D eigenvalue weighted by atomic mass is 19.1. The number of hydrogen-bond donors (Lipinski definition) is 3. The van der Waals surface area contributed by atoms with Gasteiger partial charge in [0.05, 0.1) is 17.4 Å². The second kappa shape index (κ2) is 5.88. The molecular formula is C13H17FN2O3. The van der Waals surface area contributed by atoms with E-state index in [2.05, 4.69) is 5.32 Å². The van der Waals surface area contributed by atoms with E-state index < -0.39 is 11.8 Å². The zero-order chi connectivity index (χ0) is 13.8. The number of rotatable bonds is 5. The number of carboxylic acid groups (broad SMARTS) is 1. The van der Waals surface area contributed by atoms with Crippen LogP contribution >= 0.6 is 0 Å². The van der Waals surface area contributed by atoms with Crippen LogP contribution in [-0.4, -0.2) is 30.3 Å². The van der Waals surface area contributed by atoms with Gasteiger partial charge in [0, 0.05) is 18.8 Å². The fraction of sp³-hybridized carbons (Fsp3) is 0.462. The van der Waals surface area contributed by atoms with E-state index in [1.807, 2.05) is 0 Å². The van der Waals surface area contributed by atoms with Gasteiger partial charge in [-0.3, -0.25) is 0 Å². The minimum absolute atomic E-state index is 0.0744. The molecule has 1 aliphatic rings. The lowest BCUT2D eigenvalue weighted by Crippen LogP contribution is -2.14. The highest BCUT2D eigenvalue weighted by Gasteiger charge is 2.16. The number of aromatic carboxylic acids is 1. The van der Waals surface area contributed by atoms with E-state index in [0.717, 1.165) is 31.9 Å². The molecule has 1 aromatic carbocycles. The normalized spacial score (nSPS) is 18.5. The molecular weight excluding hydrogens is 251 g/mol. The van der Waals surface area contributed by atoms with Gasteiger partial charge in [0.2, 0.25) is 0 Å². The predicted molar refractivity (Wildman–Crippen MR) is 69.9 cm³/mol. The van der Waals surface area contributed by atoms with Crippen molar-refractivity contribution in [3.05, 3.63) is 23.5 Å². The molecule has 104 valence electrons. The Bertz CT molecular complexity index is 473. The molecule has 0 bridgehead atoms. The zero-order valence-electron chi connectivity index (χ0n) is 10.5. The van der Waals surface area contributed by atoms with Gasteiger partial charge in [-0.1, -0.05) is 0 Å². The van der Waals surface area contributed by atoms with E-state index in [1.54, 1.807) is 0 Å². The molecule has 2 rings (SSSR count). The number of ether oxygens (including phenoxy) is 1. The summed E-state index contributed by atoms with van der Waals surface area (Å²) in [5, 5.41) is 11.8. The lowest BCUT2D eigenvalue weighted by Gasteiger charge is -2.12. The Morgan fingerprint density at radius 3 is 3.00 bits per heavy atom. The van der Waals surface area contributed by atoms with Gasteiger partial charge in [-0.05, 0) is 31.4 Å². The Hall–Kier alpha value is -1.82. The molecule has 1 fully saturated rings. The third kappa shape index (κ3) is 3.35. The number of halogens is 1. The maximum absolute atomic E-state index is 13.6. The first-order chi connectivity index (χ1) is 9.08. The Balaban J connectivity index is 1.98. The molecule has 1 unspecified atom stereocenters. The predicted octanol–water partition coefficient (Wildman–Crippen LogP) is 2.09. The summed E-state index contributed by atoms with van der Waals surface area (Å²) in [5.41, 5.74) is 5.44. The smallest absolute Gasteiger partial charge is 0.337 e. The van der Waals surface area contributed by atoms with Crippen LogP contribution in [0.15, 0.2) is 12.1 Å². The summed E-state index contributed by atoms with van der Waals surface area (Å²) in [7, 11) is 0. The highest BCUT2D eigenvalue weighted by molar-refractivity contribution is 5.94. The number of hydrogen-bond acceptors (Lipinski definition) is 4. The van der Waals surface area contributed by atoms with E-state index in [1.165, 1.54) is 6.07 Å². The molecule has 1 heterocycles. The van der Waals surface area contributed by atoms with Crippen LogP contribution in [0.1, 0.15) is 29.6 Å². The molecule has 1 aromatic rings. The number of anilines is 2. The molecule has 0 radical (unpaired) electrons. The van der Waals surface area contributed by atoms with Crippen molar-refractivity contribution in [1.82, 2.24) is 0 Å². The number of carboxylic acids is 1. The Kier molecular flexibility index (Phi) is 4.21. The van der Waals surface area contributed by atoms with Gasteiger partial charge in [0.15, 0.2) is 0 Å². The fourth-order valence-corrected chi connectivity index (χ4v) is 2.15. The van der Waals surface area contributed by atoms with E-state index in [0.29, 0.717) is 6.54 Å². The average molecular weight is 268 g/mol. The minimum Gasteiger partial charge on any atom is -0.478 e. The number of nitrogens with one attached hydrogen (secondary N) is 1. The zero-order valence-corrected chi connectivity index (χ0v) is 10.5. The molecule has 6 heteroatoms. The highest BCUT2D eigenvalue weighted by Crippen LogP contribution is 2.23. The Labute approximate surface area is 110 Å². The molecule has 0 aromatic heterocycles. The maximum Gasteiger partial charge on any atom is 0.337 e. The molecule has 19 heavy (non-hydrogen) atoms. The monoisotopic (exact) mass is 268 g/mol. The summed E-state index contributed by atoms with van der Waals surface area (Å²) < 4.78 is 19.1. The van der Waals surface area contributed by atoms with Crippen molar-refractivity contribution in [3.63, 3.8) is 0 Å². The first-order valence-electron chi connectivity index (χ1n) is 6.25. The van der Waals surface area contributed by atoms with E-state index in [4.69, 9.17) is 15.6 Å². The minimum atomic E-state index is -1.17. The fourth-order valence-electron chi connectivity index (χ4n) is 2.15. The summed E-state index contributed by atoms with van der Waals surface area (Å²) in [6.07, 6.45) is 3.06. The summed E-state index contributed by atoms with van der Waals surface area (Å²) in [5.74, 6) is -1.71. The molecule has 4 N–H and O–H groups in total. The number of nitrogen functional groups attached to an aromatic ring is 1. The number of carbonyl (C=O) groups is 1. The molecule has 0 amide bonds. The van der Waals surface area contributed by atoms with Gasteiger partial charge in [-0.25, -0.2) is 9.18 Å². The van der Waals surface area contributed by atoms with Crippen molar-refractivity contribution in [2.75, 3.05) is 24.2 Å². The van der Waals surface area contributed by atoms with Gasteiger partial charge >= 0.3 is 5.97 Å². The van der Waals surface area contributed by atoms with E-state index >= 15 is 0 Å². The van der Waals surface area contributed by atoms with Crippen LogP contribution in [0.2, 0.25) is 0 Å². The number of benzene rings is 1. The van der Waals surface area contributed by atoms with Crippen LogP contribution in [0.4, 0.5) is 15.8 Å². The molecule has 0 spiro atoms. The Morgan fingerprint density at radius 2 is 2.37 bits per heavy atom. The van der Waals surface area contributed by atoms with Gasteiger partial charge in [-0.15, -0.1) is 0 Å². The topological polar surface area (TPSA) is 84.6 Å². The van der Waals surface area contributed by atoms with Crippen molar-refractivity contribution < 1.29 is 19.0 Å². The van der Waals surface area contributed by atoms with Crippen molar-refractivity contribution in [2.45, 2.75) is 25.4 Å². The first kappa shape index (κ1) is 13.6.